The summed E-state index contributed by atoms with van der Waals surface area (Å²) in [7, 11) is 0. The second kappa shape index (κ2) is 8.53. The maximum atomic E-state index is 11.8. The Labute approximate surface area is 136 Å². The highest BCUT2D eigenvalue weighted by Gasteiger charge is 2.25. The zero-order chi connectivity index (χ0) is 16.7. The number of carbonyl (C=O) groups is 2. The van der Waals surface area contributed by atoms with Crippen molar-refractivity contribution in [3.8, 4) is 5.75 Å². The number of benzene rings is 1. The van der Waals surface area contributed by atoms with E-state index in [9.17, 15) is 9.59 Å². The van der Waals surface area contributed by atoms with Gasteiger partial charge in [-0.25, -0.2) is 0 Å². The van der Waals surface area contributed by atoms with Crippen LogP contribution in [-0.2, 0) is 16.0 Å². The van der Waals surface area contributed by atoms with E-state index >= 15 is 0 Å². The molecule has 1 aliphatic heterocycles. The lowest BCUT2D eigenvalue weighted by molar-refractivity contribution is -0.143. The molecule has 0 saturated carbocycles. The van der Waals surface area contributed by atoms with E-state index < -0.39 is 5.97 Å². The second-order valence-corrected chi connectivity index (χ2v) is 5.80. The number of ether oxygens (including phenoxy) is 1. The molecule has 1 unspecified atom stereocenters. The number of rotatable bonds is 7. The van der Waals surface area contributed by atoms with Crippen LogP contribution in [-0.4, -0.2) is 48.2 Å². The Morgan fingerprint density at radius 1 is 1.35 bits per heavy atom. The maximum Gasteiger partial charge on any atom is 0.307 e. The van der Waals surface area contributed by atoms with Crippen molar-refractivity contribution in [1.82, 2.24) is 10.2 Å². The molecule has 1 aromatic carbocycles. The van der Waals surface area contributed by atoms with Gasteiger partial charge in [0.2, 0.25) is 0 Å². The minimum atomic E-state index is -0.764. The summed E-state index contributed by atoms with van der Waals surface area (Å²) in [6.07, 6.45) is 2.51. The van der Waals surface area contributed by atoms with E-state index in [0.29, 0.717) is 25.4 Å². The maximum absolute atomic E-state index is 11.8. The Bertz CT molecular complexity index is 530. The van der Waals surface area contributed by atoms with Gasteiger partial charge in [0.1, 0.15) is 5.75 Å². The Morgan fingerprint density at radius 2 is 2.09 bits per heavy atom. The predicted octanol–water partition coefficient (Wildman–Crippen LogP) is 1.50. The van der Waals surface area contributed by atoms with Crippen LogP contribution in [0.4, 0.5) is 0 Å². The van der Waals surface area contributed by atoms with Crippen molar-refractivity contribution < 1.29 is 19.4 Å². The number of carboxylic acid groups (broad SMARTS) is 1. The van der Waals surface area contributed by atoms with Crippen molar-refractivity contribution in [2.75, 3.05) is 26.4 Å². The van der Waals surface area contributed by atoms with Gasteiger partial charge in [-0.2, -0.15) is 0 Å². The fraction of sp³-hybridized carbons (Fsp3) is 0.529. The fourth-order valence-electron chi connectivity index (χ4n) is 2.62. The smallest absolute Gasteiger partial charge is 0.307 e. The molecule has 2 rings (SSSR count). The molecule has 1 atom stereocenters. The molecule has 6 nitrogen and oxygen atoms in total. The summed E-state index contributed by atoms with van der Waals surface area (Å²) in [6.45, 7) is 3.69. The zero-order valence-corrected chi connectivity index (χ0v) is 13.5. The summed E-state index contributed by atoms with van der Waals surface area (Å²) >= 11 is 0. The molecule has 1 aromatic rings. The second-order valence-electron chi connectivity index (χ2n) is 5.80. The molecule has 2 N–H and O–H groups in total. The summed E-state index contributed by atoms with van der Waals surface area (Å²) in [5, 5.41) is 11.8. The average Bonchev–Trinajstić information content (AvgIpc) is 2.58. The first-order chi connectivity index (χ1) is 11.1. The van der Waals surface area contributed by atoms with E-state index in [2.05, 4.69) is 12.2 Å². The summed E-state index contributed by atoms with van der Waals surface area (Å²) in [5.41, 5.74) is 1.22. The van der Waals surface area contributed by atoms with Crippen LogP contribution in [0.15, 0.2) is 24.3 Å². The number of aryl methyl sites for hydroxylation is 1. The van der Waals surface area contributed by atoms with Crippen LogP contribution < -0.4 is 10.1 Å². The fourth-order valence-corrected chi connectivity index (χ4v) is 2.62. The SMILES string of the molecule is CCc1ccc(OCC(=O)NCN2CCCC(C(=O)O)C2)cc1. The van der Waals surface area contributed by atoms with E-state index in [1.807, 2.05) is 29.2 Å². The van der Waals surface area contributed by atoms with Crippen molar-refractivity contribution in [1.29, 1.82) is 0 Å². The summed E-state index contributed by atoms with van der Waals surface area (Å²) in [5.74, 6) is -0.642. The van der Waals surface area contributed by atoms with Gasteiger partial charge in [-0.15, -0.1) is 0 Å². The zero-order valence-electron chi connectivity index (χ0n) is 13.5. The quantitative estimate of drug-likeness (QED) is 0.796. The van der Waals surface area contributed by atoms with Crippen LogP contribution in [0.3, 0.4) is 0 Å². The first-order valence-corrected chi connectivity index (χ1v) is 8.02. The molecule has 1 saturated heterocycles. The molecule has 1 amide bonds. The van der Waals surface area contributed by atoms with Gasteiger partial charge in [0, 0.05) is 6.54 Å². The molecule has 0 radical (unpaired) electrons. The molecule has 6 heteroatoms. The Balaban J connectivity index is 1.69. The minimum Gasteiger partial charge on any atom is -0.484 e. The monoisotopic (exact) mass is 320 g/mol. The number of nitrogens with one attached hydrogen (secondary N) is 1. The number of likely N-dealkylation sites (tertiary alicyclic amines) is 1. The number of amides is 1. The molecule has 23 heavy (non-hydrogen) atoms. The number of hydrogen-bond acceptors (Lipinski definition) is 4. The molecular formula is C17H24N2O4. The van der Waals surface area contributed by atoms with Gasteiger partial charge in [0.05, 0.1) is 12.6 Å². The third-order valence-electron chi connectivity index (χ3n) is 4.06. The van der Waals surface area contributed by atoms with Crippen LogP contribution in [0.5, 0.6) is 5.75 Å². The van der Waals surface area contributed by atoms with Crippen LogP contribution in [0.1, 0.15) is 25.3 Å². The number of hydrogen-bond donors (Lipinski definition) is 2. The average molecular weight is 320 g/mol. The van der Waals surface area contributed by atoms with E-state index in [1.165, 1.54) is 5.56 Å². The van der Waals surface area contributed by atoms with Crippen molar-refractivity contribution in [3.63, 3.8) is 0 Å². The highest BCUT2D eigenvalue weighted by molar-refractivity contribution is 5.77. The van der Waals surface area contributed by atoms with Crippen LogP contribution in [0.2, 0.25) is 0 Å². The van der Waals surface area contributed by atoms with E-state index in [-0.39, 0.29) is 18.4 Å². The lowest BCUT2D eigenvalue weighted by Gasteiger charge is -2.30. The first-order valence-electron chi connectivity index (χ1n) is 8.02. The third kappa shape index (κ3) is 5.56. The molecule has 0 aliphatic carbocycles. The molecule has 0 bridgehead atoms. The van der Waals surface area contributed by atoms with Gasteiger partial charge in [0.15, 0.2) is 6.61 Å². The van der Waals surface area contributed by atoms with E-state index in [0.717, 1.165) is 19.4 Å². The van der Waals surface area contributed by atoms with Crippen LogP contribution in [0.25, 0.3) is 0 Å². The van der Waals surface area contributed by atoms with Gasteiger partial charge in [0.25, 0.3) is 5.91 Å². The largest absolute Gasteiger partial charge is 0.484 e. The van der Waals surface area contributed by atoms with Crippen molar-refractivity contribution in [3.05, 3.63) is 29.8 Å². The lowest BCUT2D eigenvalue weighted by Crippen LogP contribution is -2.45. The van der Waals surface area contributed by atoms with Crippen LogP contribution >= 0.6 is 0 Å². The molecule has 0 spiro atoms. The highest BCUT2D eigenvalue weighted by atomic mass is 16.5. The van der Waals surface area contributed by atoms with Crippen molar-refractivity contribution in [2.45, 2.75) is 26.2 Å². The number of aliphatic carboxylic acids is 1. The first kappa shape index (κ1) is 17.3. The molecule has 1 aliphatic rings. The standard InChI is InChI=1S/C17H24N2O4/c1-2-13-5-7-15(8-6-13)23-11-16(20)18-12-19-9-3-4-14(10-19)17(21)22/h5-8,14H,2-4,9-12H2,1H3,(H,18,20)(H,21,22). The minimum absolute atomic E-state index is 0.0400. The van der Waals surface area contributed by atoms with Crippen molar-refractivity contribution in [2.24, 2.45) is 5.92 Å². The van der Waals surface area contributed by atoms with Gasteiger partial charge < -0.3 is 15.2 Å². The normalized spacial score (nSPS) is 18.4. The Kier molecular flexibility index (Phi) is 6.40. The summed E-state index contributed by atoms with van der Waals surface area (Å²) < 4.78 is 5.44. The molecule has 0 aromatic heterocycles. The third-order valence-corrected chi connectivity index (χ3v) is 4.06. The van der Waals surface area contributed by atoms with Gasteiger partial charge in [-0.1, -0.05) is 19.1 Å². The number of nitrogens with zero attached hydrogens (tertiary/aromatic N) is 1. The highest BCUT2D eigenvalue weighted by Crippen LogP contribution is 2.15. The van der Waals surface area contributed by atoms with E-state index in [4.69, 9.17) is 9.84 Å². The van der Waals surface area contributed by atoms with Gasteiger partial charge in [-0.05, 0) is 43.5 Å². The summed E-state index contributed by atoms with van der Waals surface area (Å²) in [4.78, 5) is 24.8. The van der Waals surface area contributed by atoms with Crippen LogP contribution in [0, 0.1) is 5.92 Å². The predicted molar refractivity (Wildman–Crippen MR) is 86.3 cm³/mol. The number of carboxylic acids is 1. The Morgan fingerprint density at radius 3 is 2.74 bits per heavy atom. The van der Waals surface area contributed by atoms with Gasteiger partial charge in [-0.3, -0.25) is 14.5 Å². The number of carbonyl (C=O) groups excluding carboxylic acids is 1. The molecule has 1 fully saturated rings. The number of piperidine rings is 1. The molecule has 1 heterocycles. The molecular weight excluding hydrogens is 296 g/mol. The molecule has 126 valence electrons. The van der Waals surface area contributed by atoms with Crippen molar-refractivity contribution >= 4 is 11.9 Å². The van der Waals surface area contributed by atoms with E-state index in [1.54, 1.807) is 0 Å². The van der Waals surface area contributed by atoms with Gasteiger partial charge >= 0.3 is 5.97 Å². The topological polar surface area (TPSA) is 78.9 Å². The lowest BCUT2D eigenvalue weighted by atomic mass is 9.99. The summed E-state index contributed by atoms with van der Waals surface area (Å²) in [6, 6.07) is 7.67. The Hall–Kier alpha value is -2.08.